The van der Waals surface area contributed by atoms with Gasteiger partial charge in [0.2, 0.25) is 5.91 Å². The van der Waals surface area contributed by atoms with Crippen molar-refractivity contribution in [1.82, 2.24) is 5.32 Å². The number of aliphatic hydroxyl groups excluding tert-OH is 5. The first-order valence-electron chi connectivity index (χ1n) is 26.4. The second-order valence-electron chi connectivity index (χ2n) is 18.2. The molecule has 0 aromatic rings. The zero-order valence-electron chi connectivity index (χ0n) is 41.2. The first kappa shape index (κ1) is 60.6. The van der Waals surface area contributed by atoms with Crippen molar-refractivity contribution >= 4 is 11.9 Å². The molecule has 1 saturated heterocycles. The Morgan fingerprint density at radius 3 is 1.62 bits per heavy atom. The van der Waals surface area contributed by atoms with Gasteiger partial charge in [0.15, 0.2) is 6.29 Å². The van der Waals surface area contributed by atoms with Crippen LogP contribution in [0.25, 0.3) is 0 Å². The summed E-state index contributed by atoms with van der Waals surface area (Å²) in [4.78, 5) is 25.0. The summed E-state index contributed by atoms with van der Waals surface area (Å²) in [6, 6.07) is -0.826. The van der Waals surface area contributed by atoms with Crippen LogP contribution in [0.4, 0.5) is 0 Å². The average Bonchev–Trinajstić information content (AvgIpc) is 3.30. The van der Waals surface area contributed by atoms with E-state index in [0.29, 0.717) is 19.4 Å². The first-order chi connectivity index (χ1) is 31.7. The second kappa shape index (κ2) is 44.1. The monoisotopic (exact) mass is 920 g/mol. The highest BCUT2D eigenvalue weighted by Crippen LogP contribution is 2.23. The Morgan fingerprint density at radius 2 is 1.05 bits per heavy atom. The van der Waals surface area contributed by atoms with E-state index in [1.54, 1.807) is 6.08 Å². The number of unbranched alkanes of at least 4 members (excludes halogenated alkanes) is 25. The van der Waals surface area contributed by atoms with Gasteiger partial charge >= 0.3 is 5.97 Å². The number of nitrogens with one attached hydrogen (secondary N) is 1. The summed E-state index contributed by atoms with van der Waals surface area (Å²) in [6.07, 6.45) is 43.3. The van der Waals surface area contributed by atoms with Crippen LogP contribution in [0, 0.1) is 0 Å². The van der Waals surface area contributed by atoms with Crippen molar-refractivity contribution in [2.75, 3.05) is 19.8 Å². The van der Waals surface area contributed by atoms with Gasteiger partial charge in [-0.1, -0.05) is 172 Å². The standard InChI is InChI=1S/C54H97NO10/c1-3-5-7-9-11-13-20-24-28-32-36-40-47(57)46(45-64-54-53(62)52(61)51(60)48(44-56)65-54)55-49(58)41-37-33-29-25-22-18-16-15-17-19-23-27-31-35-39-43-63-50(59)42-38-34-30-26-21-14-12-10-8-6-4-2/h10,12,15,17,19,23,36,40,46-48,51-54,56-57,60-62H,3-9,11,13-14,16,18,20-22,24-35,37-39,41-45H2,1-2H3,(H,55,58)/b12-10-,17-15-,23-19-,40-36+. The van der Waals surface area contributed by atoms with E-state index in [0.717, 1.165) is 103 Å². The lowest BCUT2D eigenvalue weighted by Gasteiger charge is -2.40. The van der Waals surface area contributed by atoms with Gasteiger partial charge in [0, 0.05) is 12.8 Å². The molecule has 1 aliphatic rings. The molecule has 11 heteroatoms. The van der Waals surface area contributed by atoms with Crippen LogP contribution in [-0.4, -0.2) is 100 Å². The summed E-state index contributed by atoms with van der Waals surface area (Å²) in [5, 5.41) is 54.2. The van der Waals surface area contributed by atoms with Gasteiger partial charge in [-0.05, 0) is 83.5 Å². The molecular weight excluding hydrogens is 823 g/mol. The van der Waals surface area contributed by atoms with Gasteiger partial charge in [-0.3, -0.25) is 9.59 Å². The van der Waals surface area contributed by atoms with Gasteiger partial charge in [0.05, 0.1) is 32.0 Å². The van der Waals surface area contributed by atoms with Crippen molar-refractivity contribution < 1.29 is 49.3 Å². The topological polar surface area (TPSA) is 175 Å². The summed E-state index contributed by atoms with van der Waals surface area (Å²) in [5.41, 5.74) is 0. The quantitative estimate of drug-likeness (QED) is 0.0149. The van der Waals surface area contributed by atoms with E-state index in [9.17, 15) is 35.1 Å². The van der Waals surface area contributed by atoms with E-state index in [1.165, 1.54) is 89.9 Å². The largest absolute Gasteiger partial charge is 0.466 e. The zero-order chi connectivity index (χ0) is 47.4. The van der Waals surface area contributed by atoms with Crippen LogP contribution in [0.15, 0.2) is 48.6 Å². The predicted molar refractivity (Wildman–Crippen MR) is 264 cm³/mol. The lowest BCUT2D eigenvalue weighted by atomic mass is 9.99. The molecular formula is C54H97NO10. The van der Waals surface area contributed by atoms with Crippen molar-refractivity contribution in [1.29, 1.82) is 0 Å². The third kappa shape index (κ3) is 34.6. The normalized spacial score (nSPS) is 20.1. The van der Waals surface area contributed by atoms with Crippen molar-refractivity contribution in [3.05, 3.63) is 48.6 Å². The highest BCUT2D eigenvalue weighted by molar-refractivity contribution is 5.76. The summed E-state index contributed by atoms with van der Waals surface area (Å²) in [7, 11) is 0. The smallest absolute Gasteiger partial charge is 0.305 e. The number of carbonyl (C=O) groups is 2. The van der Waals surface area contributed by atoms with Gasteiger partial charge in [0.25, 0.3) is 0 Å². The summed E-state index contributed by atoms with van der Waals surface area (Å²) in [5.74, 6) is -0.260. The molecule has 7 atom stereocenters. The number of ether oxygens (including phenoxy) is 3. The maximum Gasteiger partial charge on any atom is 0.305 e. The molecule has 1 rings (SSSR count). The Labute approximate surface area is 396 Å². The van der Waals surface area contributed by atoms with Crippen LogP contribution in [0.3, 0.4) is 0 Å². The van der Waals surface area contributed by atoms with Crippen LogP contribution in [0.1, 0.15) is 219 Å². The molecule has 0 saturated carbocycles. The fourth-order valence-corrected chi connectivity index (χ4v) is 7.87. The number of carbonyl (C=O) groups excluding carboxylic acids is 2. The Morgan fingerprint density at radius 1 is 0.569 bits per heavy atom. The maximum absolute atomic E-state index is 13.0. The lowest BCUT2D eigenvalue weighted by Crippen LogP contribution is -2.60. The average molecular weight is 920 g/mol. The van der Waals surface area contributed by atoms with Crippen LogP contribution in [-0.2, 0) is 23.8 Å². The van der Waals surface area contributed by atoms with Gasteiger partial charge in [-0.2, -0.15) is 0 Å². The molecule has 1 fully saturated rings. The number of hydrogen-bond donors (Lipinski definition) is 6. The predicted octanol–water partition coefficient (Wildman–Crippen LogP) is 10.9. The SMILES string of the molecule is CCCC/C=C\CCCCCCCC(=O)OCCCCC/C=C\C=C/CCCCCCCCC(=O)NC(COC1OC(CO)C(O)C(O)C1O)C(O)/C=C/CCCCCCCCCCC. The Hall–Kier alpha value is -2.38. The van der Waals surface area contributed by atoms with E-state index >= 15 is 0 Å². The van der Waals surface area contributed by atoms with E-state index in [4.69, 9.17) is 14.2 Å². The van der Waals surface area contributed by atoms with Crippen LogP contribution in [0.5, 0.6) is 0 Å². The lowest BCUT2D eigenvalue weighted by molar-refractivity contribution is -0.302. The van der Waals surface area contributed by atoms with E-state index in [-0.39, 0.29) is 18.5 Å². The van der Waals surface area contributed by atoms with Crippen LogP contribution >= 0.6 is 0 Å². The molecule has 1 amide bonds. The van der Waals surface area contributed by atoms with Gasteiger partial charge in [-0.25, -0.2) is 0 Å². The van der Waals surface area contributed by atoms with Crippen molar-refractivity contribution in [2.45, 2.75) is 262 Å². The van der Waals surface area contributed by atoms with Crippen LogP contribution < -0.4 is 5.32 Å². The summed E-state index contributed by atoms with van der Waals surface area (Å²) < 4.78 is 16.6. The minimum absolute atomic E-state index is 0.0531. The maximum atomic E-state index is 13.0. The number of aliphatic hydroxyl groups is 5. The van der Waals surface area contributed by atoms with Gasteiger partial charge < -0.3 is 45.1 Å². The van der Waals surface area contributed by atoms with E-state index in [1.807, 2.05) is 6.08 Å². The van der Waals surface area contributed by atoms with E-state index in [2.05, 4.69) is 55.6 Å². The third-order valence-electron chi connectivity index (χ3n) is 12.2. The Kier molecular flexibility index (Phi) is 41.2. The number of esters is 1. The Balaban J connectivity index is 2.20. The molecule has 1 aliphatic heterocycles. The third-order valence-corrected chi connectivity index (χ3v) is 12.2. The number of hydrogen-bond acceptors (Lipinski definition) is 10. The Bertz CT molecular complexity index is 1220. The molecule has 0 spiro atoms. The fraction of sp³-hybridized carbons (Fsp3) is 0.815. The number of allylic oxidation sites excluding steroid dienone is 7. The molecule has 0 radical (unpaired) electrons. The van der Waals surface area contributed by atoms with Gasteiger partial charge in [0.1, 0.15) is 24.4 Å². The number of rotatable bonds is 44. The molecule has 6 N–H and O–H groups in total. The first-order valence-corrected chi connectivity index (χ1v) is 26.4. The molecule has 7 unspecified atom stereocenters. The second-order valence-corrected chi connectivity index (χ2v) is 18.2. The molecule has 0 bridgehead atoms. The molecule has 0 aromatic heterocycles. The molecule has 65 heavy (non-hydrogen) atoms. The highest BCUT2D eigenvalue weighted by atomic mass is 16.7. The van der Waals surface area contributed by atoms with Crippen molar-refractivity contribution in [2.24, 2.45) is 0 Å². The van der Waals surface area contributed by atoms with Crippen LogP contribution in [0.2, 0.25) is 0 Å². The highest BCUT2D eigenvalue weighted by Gasteiger charge is 2.44. The van der Waals surface area contributed by atoms with Gasteiger partial charge in [-0.15, -0.1) is 0 Å². The molecule has 0 aliphatic carbocycles. The van der Waals surface area contributed by atoms with E-state index < -0.39 is 49.5 Å². The molecule has 11 nitrogen and oxygen atoms in total. The fourth-order valence-electron chi connectivity index (χ4n) is 7.87. The summed E-state index contributed by atoms with van der Waals surface area (Å²) >= 11 is 0. The molecule has 0 aromatic carbocycles. The van der Waals surface area contributed by atoms with Crippen molar-refractivity contribution in [3.63, 3.8) is 0 Å². The van der Waals surface area contributed by atoms with Crippen molar-refractivity contribution in [3.8, 4) is 0 Å². The number of amides is 1. The zero-order valence-corrected chi connectivity index (χ0v) is 41.2. The minimum atomic E-state index is -1.58. The molecule has 378 valence electrons. The molecule has 1 heterocycles. The summed E-state index contributed by atoms with van der Waals surface area (Å²) in [6.45, 7) is 4.20. The minimum Gasteiger partial charge on any atom is -0.466 e.